The highest BCUT2D eigenvalue weighted by atomic mass is 16.5. The van der Waals surface area contributed by atoms with E-state index in [-0.39, 0.29) is 23.6 Å². The minimum Gasteiger partial charge on any atom is -0.494 e. The van der Waals surface area contributed by atoms with Crippen LogP contribution in [-0.4, -0.2) is 76.6 Å². The molecule has 6 rings (SSSR count). The van der Waals surface area contributed by atoms with Gasteiger partial charge in [0.1, 0.15) is 5.75 Å². The second kappa shape index (κ2) is 12.5. The van der Waals surface area contributed by atoms with E-state index in [0.717, 1.165) is 22.0 Å². The fourth-order valence-electron chi connectivity index (χ4n) is 5.99. The van der Waals surface area contributed by atoms with Crippen molar-refractivity contribution in [2.75, 3.05) is 39.3 Å². The number of hydrogen-bond acceptors (Lipinski definition) is 5. The SMILES string of the molecule is Cn1nc(C(=O)N2CCCOc3cccc(c3)[C@H]3CN(C(=O)/C=C/c4ccccc4)C[C@@H]3C(=O)NCC2)c2ccccc21. The van der Waals surface area contributed by atoms with Gasteiger partial charge in [-0.2, -0.15) is 5.10 Å². The summed E-state index contributed by atoms with van der Waals surface area (Å²) in [6, 6.07) is 25.1. The van der Waals surface area contributed by atoms with Crippen LogP contribution in [-0.2, 0) is 16.6 Å². The summed E-state index contributed by atoms with van der Waals surface area (Å²) in [7, 11) is 1.83. The van der Waals surface area contributed by atoms with E-state index in [4.69, 9.17) is 4.74 Å². The first kappa shape index (κ1) is 28.2. The van der Waals surface area contributed by atoms with Crippen molar-refractivity contribution in [2.45, 2.75) is 12.3 Å². The normalized spacial score (nSPS) is 19.5. The summed E-state index contributed by atoms with van der Waals surface area (Å²) in [5, 5.41) is 8.38. The number of carbonyl (C=O) groups excluding carboxylic acids is 3. The van der Waals surface area contributed by atoms with Crippen LogP contribution in [0.1, 0.15) is 34.0 Å². The molecule has 3 amide bonds. The molecule has 9 heteroatoms. The zero-order valence-corrected chi connectivity index (χ0v) is 24.2. The van der Waals surface area contributed by atoms with E-state index in [0.29, 0.717) is 57.2 Å². The second-order valence-electron chi connectivity index (χ2n) is 11.0. The number of hydrogen-bond donors (Lipinski definition) is 1. The molecule has 0 aliphatic carbocycles. The Hall–Kier alpha value is -4.92. The van der Waals surface area contributed by atoms with E-state index in [1.54, 1.807) is 26.6 Å². The summed E-state index contributed by atoms with van der Waals surface area (Å²) in [5.74, 6) is -0.355. The van der Waals surface area contributed by atoms with Crippen LogP contribution in [0.15, 0.2) is 84.9 Å². The first-order valence-electron chi connectivity index (χ1n) is 14.7. The molecule has 3 heterocycles. The second-order valence-corrected chi connectivity index (χ2v) is 11.0. The molecule has 9 nitrogen and oxygen atoms in total. The number of aryl methyl sites for hydroxylation is 1. The van der Waals surface area contributed by atoms with Crippen LogP contribution < -0.4 is 10.1 Å². The Bertz CT molecular complexity index is 1660. The molecule has 1 fully saturated rings. The third kappa shape index (κ3) is 6.16. The Morgan fingerprint density at radius 2 is 1.72 bits per heavy atom. The molecule has 220 valence electrons. The summed E-state index contributed by atoms with van der Waals surface area (Å²) in [6.45, 7) is 2.26. The number of benzene rings is 3. The van der Waals surface area contributed by atoms with Crippen molar-refractivity contribution in [3.05, 3.63) is 102 Å². The van der Waals surface area contributed by atoms with Crippen molar-refractivity contribution in [1.82, 2.24) is 24.9 Å². The lowest BCUT2D eigenvalue weighted by Gasteiger charge is -2.24. The molecule has 43 heavy (non-hydrogen) atoms. The maximum Gasteiger partial charge on any atom is 0.275 e. The number of rotatable bonds is 3. The molecule has 2 aliphatic heterocycles. The van der Waals surface area contributed by atoms with Crippen molar-refractivity contribution >= 4 is 34.7 Å². The summed E-state index contributed by atoms with van der Waals surface area (Å²) in [5.41, 5.74) is 3.19. The molecule has 4 aromatic rings. The van der Waals surface area contributed by atoms with E-state index >= 15 is 0 Å². The summed E-state index contributed by atoms with van der Waals surface area (Å²) >= 11 is 0. The Labute approximate surface area is 250 Å². The van der Waals surface area contributed by atoms with Crippen molar-refractivity contribution < 1.29 is 19.1 Å². The molecule has 0 radical (unpaired) electrons. The fraction of sp³-hybridized carbons (Fsp3) is 0.294. The van der Waals surface area contributed by atoms with E-state index in [1.807, 2.05) is 85.9 Å². The molecule has 0 spiro atoms. The lowest BCUT2D eigenvalue weighted by atomic mass is 9.88. The number of ether oxygens (including phenoxy) is 1. The zero-order chi connectivity index (χ0) is 29.8. The number of fused-ring (bicyclic) bond motifs is 5. The highest BCUT2D eigenvalue weighted by molar-refractivity contribution is 6.04. The van der Waals surface area contributed by atoms with Crippen molar-refractivity contribution in [3.63, 3.8) is 0 Å². The predicted molar refractivity (Wildman–Crippen MR) is 164 cm³/mol. The number of likely N-dealkylation sites (tertiary alicyclic amines) is 1. The van der Waals surface area contributed by atoms with Gasteiger partial charge in [-0.15, -0.1) is 0 Å². The minimum absolute atomic E-state index is 0.131. The molecule has 0 saturated carbocycles. The Morgan fingerprint density at radius 1 is 0.930 bits per heavy atom. The standard InChI is InChI=1S/C34H35N5O4/c1-37-30-14-6-5-13-27(30)32(36-37)34(42)38-18-8-20-43-26-12-7-11-25(21-26)28-22-39(23-29(28)33(41)35-17-19-38)31(40)16-15-24-9-3-2-4-10-24/h2-7,9-16,21,28-29H,8,17-20,22-23H2,1H3,(H,35,41)/b16-15+/t28-,29+/m1/s1. The van der Waals surface area contributed by atoms with Crippen LogP contribution in [0.2, 0.25) is 0 Å². The maximum atomic E-state index is 13.7. The quantitative estimate of drug-likeness (QED) is 0.373. The highest BCUT2D eigenvalue weighted by Gasteiger charge is 2.40. The lowest BCUT2D eigenvalue weighted by molar-refractivity contribution is -0.126. The number of para-hydroxylation sites is 1. The fourth-order valence-corrected chi connectivity index (χ4v) is 5.99. The number of nitrogens with zero attached hydrogens (tertiary/aromatic N) is 4. The Morgan fingerprint density at radius 3 is 2.58 bits per heavy atom. The van der Waals surface area contributed by atoms with Crippen LogP contribution in [0.25, 0.3) is 17.0 Å². The van der Waals surface area contributed by atoms with Crippen LogP contribution in [0.5, 0.6) is 5.75 Å². The Kier molecular flexibility index (Phi) is 8.22. The van der Waals surface area contributed by atoms with Gasteiger partial charge < -0.3 is 19.9 Å². The van der Waals surface area contributed by atoms with E-state index < -0.39 is 5.92 Å². The van der Waals surface area contributed by atoms with Gasteiger partial charge in [-0.25, -0.2) is 0 Å². The van der Waals surface area contributed by atoms with Gasteiger partial charge in [-0.1, -0.05) is 60.7 Å². The van der Waals surface area contributed by atoms with Crippen molar-refractivity contribution in [3.8, 4) is 5.75 Å². The van der Waals surface area contributed by atoms with E-state index in [9.17, 15) is 14.4 Å². The molecule has 3 aromatic carbocycles. The van der Waals surface area contributed by atoms with Crippen LogP contribution >= 0.6 is 0 Å². The van der Waals surface area contributed by atoms with Crippen LogP contribution in [0.3, 0.4) is 0 Å². The third-order valence-corrected chi connectivity index (χ3v) is 8.24. The molecule has 1 saturated heterocycles. The maximum absolute atomic E-state index is 13.7. The summed E-state index contributed by atoms with van der Waals surface area (Å²) in [4.78, 5) is 44.0. The largest absolute Gasteiger partial charge is 0.494 e. The van der Waals surface area contributed by atoms with E-state index in [2.05, 4.69) is 10.4 Å². The van der Waals surface area contributed by atoms with Crippen LogP contribution in [0, 0.1) is 5.92 Å². The number of aromatic nitrogens is 2. The summed E-state index contributed by atoms with van der Waals surface area (Å²) < 4.78 is 7.80. The van der Waals surface area contributed by atoms with Gasteiger partial charge in [0.25, 0.3) is 5.91 Å². The monoisotopic (exact) mass is 577 g/mol. The zero-order valence-electron chi connectivity index (χ0n) is 24.2. The summed E-state index contributed by atoms with van der Waals surface area (Å²) in [6.07, 6.45) is 3.99. The average Bonchev–Trinajstić information content (AvgIpc) is 3.63. The molecule has 1 aromatic heterocycles. The van der Waals surface area contributed by atoms with Gasteiger partial charge in [0.15, 0.2) is 5.69 Å². The predicted octanol–water partition coefficient (Wildman–Crippen LogP) is 3.87. The van der Waals surface area contributed by atoms with Gasteiger partial charge >= 0.3 is 0 Å². The van der Waals surface area contributed by atoms with Gasteiger partial charge in [0.2, 0.25) is 11.8 Å². The number of carbonyl (C=O) groups is 3. The van der Waals surface area contributed by atoms with Crippen molar-refractivity contribution in [2.24, 2.45) is 13.0 Å². The molecule has 2 atom stereocenters. The highest BCUT2D eigenvalue weighted by Crippen LogP contribution is 2.35. The first-order chi connectivity index (χ1) is 21.0. The first-order valence-corrected chi connectivity index (χ1v) is 14.7. The number of amides is 3. The van der Waals surface area contributed by atoms with Crippen molar-refractivity contribution in [1.29, 1.82) is 0 Å². The molecule has 0 unspecified atom stereocenters. The van der Waals surface area contributed by atoms with Gasteiger partial charge in [0, 0.05) is 57.2 Å². The lowest BCUT2D eigenvalue weighted by Crippen LogP contribution is -2.42. The van der Waals surface area contributed by atoms with Crippen LogP contribution in [0.4, 0.5) is 0 Å². The van der Waals surface area contributed by atoms with Gasteiger partial charge in [-0.3, -0.25) is 19.1 Å². The smallest absolute Gasteiger partial charge is 0.275 e. The Balaban J connectivity index is 1.22. The molecule has 2 bridgehead atoms. The topological polar surface area (TPSA) is 96.8 Å². The molecular weight excluding hydrogens is 542 g/mol. The molecule has 2 aliphatic rings. The minimum atomic E-state index is -0.434. The molecular formula is C34H35N5O4. The van der Waals surface area contributed by atoms with Gasteiger partial charge in [0.05, 0.1) is 18.0 Å². The molecule has 1 N–H and O–H groups in total. The van der Waals surface area contributed by atoms with Gasteiger partial charge in [-0.05, 0) is 41.8 Å². The van der Waals surface area contributed by atoms with E-state index in [1.165, 1.54) is 0 Å². The third-order valence-electron chi connectivity index (χ3n) is 8.24. The number of nitrogens with one attached hydrogen (secondary N) is 1. The average molecular weight is 578 g/mol.